The molecule has 4 rings (SSSR count). The van der Waals surface area contributed by atoms with Crippen molar-refractivity contribution in [2.45, 2.75) is 13.3 Å². The number of pyridine rings is 1. The number of amides is 2. The fourth-order valence-electron chi connectivity index (χ4n) is 3.76. The maximum Gasteiger partial charge on any atom is 0.332 e. The van der Waals surface area contributed by atoms with Crippen LogP contribution in [0.1, 0.15) is 12.5 Å². The number of fused-ring (bicyclic) bond motifs is 1. The molecule has 37 heavy (non-hydrogen) atoms. The molecule has 0 fully saturated rings. The van der Waals surface area contributed by atoms with Crippen LogP contribution >= 0.6 is 11.9 Å². The van der Waals surface area contributed by atoms with E-state index in [2.05, 4.69) is 9.71 Å². The van der Waals surface area contributed by atoms with Gasteiger partial charge in [0.05, 0.1) is 19.7 Å². The van der Waals surface area contributed by atoms with Crippen molar-refractivity contribution in [2.75, 3.05) is 25.7 Å². The zero-order valence-corrected chi connectivity index (χ0v) is 21.6. The van der Waals surface area contributed by atoms with Gasteiger partial charge in [-0.25, -0.2) is 4.79 Å². The quantitative estimate of drug-likeness (QED) is 0.287. The Hall–Kier alpha value is -4.24. The smallest absolute Gasteiger partial charge is 0.332 e. The minimum atomic E-state index is -0.372. The Morgan fingerprint density at radius 1 is 0.919 bits per heavy atom. The summed E-state index contributed by atoms with van der Waals surface area (Å²) in [6.45, 7) is 2.29. The van der Waals surface area contributed by atoms with Gasteiger partial charge < -0.3 is 14.2 Å². The number of carbonyl (C=O) groups is 2. The van der Waals surface area contributed by atoms with E-state index >= 15 is 0 Å². The van der Waals surface area contributed by atoms with Crippen LogP contribution in [0.15, 0.2) is 79.0 Å². The second-order valence-corrected chi connectivity index (χ2v) is 8.78. The van der Waals surface area contributed by atoms with Crippen molar-refractivity contribution in [1.82, 2.24) is 9.71 Å². The van der Waals surface area contributed by atoms with Crippen LogP contribution in [0.5, 0.6) is 23.0 Å². The summed E-state index contributed by atoms with van der Waals surface area (Å²) in [5, 5.41) is 0.633. The third-order valence-electron chi connectivity index (χ3n) is 5.59. The summed E-state index contributed by atoms with van der Waals surface area (Å²) in [5.41, 5.74) is 2.28. The van der Waals surface area contributed by atoms with Gasteiger partial charge >= 0.3 is 6.03 Å². The van der Waals surface area contributed by atoms with E-state index in [4.69, 9.17) is 14.2 Å². The van der Waals surface area contributed by atoms with E-state index in [1.807, 2.05) is 43.3 Å². The van der Waals surface area contributed by atoms with Crippen molar-refractivity contribution < 1.29 is 23.8 Å². The monoisotopic (exact) mass is 517 g/mol. The van der Waals surface area contributed by atoms with E-state index in [9.17, 15) is 9.59 Å². The van der Waals surface area contributed by atoms with Crippen molar-refractivity contribution in [3.63, 3.8) is 0 Å². The van der Waals surface area contributed by atoms with Gasteiger partial charge in [0.25, 0.3) is 0 Å². The Kier molecular flexibility index (Phi) is 8.48. The van der Waals surface area contributed by atoms with E-state index in [0.717, 1.165) is 22.9 Å². The first-order valence-corrected chi connectivity index (χ1v) is 12.4. The molecular formula is C28H27N3O5S. The molecule has 1 aromatic heterocycles. The fraction of sp³-hybridized carbons (Fsp3) is 0.179. The lowest BCUT2D eigenvalue weighted by Gasteiger charge is -2.21. The summed E-state index contributed by atoms with van der Waals surface area (Å²) in [6.07, 6.45) is 1.91. The van der Waals surface area contributed by atoms with Gasteiger partial charge in [-0.2, -0.15) is 0 Å². The molecule has 0 bridgehead atoms. The van der Waals surface area contributed by atoms with E-state index in [1.165, 1.54) is 0 Å². The first-order chi connectivity index (χ1) is 18.0. The van der Waals surface area contributed by atoms with Crippen LogP contribution in [0.25, 0.3) is 10.9 Å². The summed E-state index contributed by atoms with van der Waals surface area (Å²) < 4.78 is 19.5. The molecule has 0 unspecified atom stereocenters. The van der Waals surface area contributed by atoms with Gasteiger partial charge in [0.15, 0.2) is 11.5 Å². The van der Waals surface area contributed by atoms with Crippen LogP contribution in [-0.2, 0) is 11.2 Å². The summed E-state index contributed by atoms with van der Waals surface area (Å²) >= 11 is 0.799. The average molecular weight is 518 g/mol. The van der Waals surface area contributed by atoms with Crippen molar-refractivity contribution in [1.29, 1.82) is 0 Å². The third-order valence-corrected chi connectivity index (χ3v) is 6.24. The van der Waals surface area contributed by atoms with E-state index < -0.39 is 0 Å². The second-order valence-electron chi connectivity index (χ2n) is 7.92. The lowest BCUT2D eigenvalue weighted by Crippen LogP contribution is -2.37. The largest absolute Gasteiger partial charge is 0.493 e. The number of ether oxygens (including phenoxy) is 3. The highest BCUT2D eigenvalue weighted by molar-refractivity contribution is 8.12. The van der Waals surface area contributed by atoms with Crippen LogP contribution in [0.4, 0.5) is 10.5 Å². The molecule has 0 saturated heterocycles. The van der Waals surface area contributed by atoms with Crippen molar-refractivity contribution in [3.8, 4) is 23.0 Å². The third kappa shape index (κ3) is 6.31. The lowest BCUT2D eigenvalue weighted by atomic mass is 10.2. The fourth-order valence-corrected chi connectivity index (χ4v) is 4.31. The predicted octanol–water partition coefficient (Wildman–Crippen LogP) is 6.00. The number of urea groups is 1. The number of hydrogen-bond acceptors (Lipinski definition) is 7. The topological polar surface area (TPSA) is 90.0 Å². The van der Waals surface area contributed by atoms with Crippen LogP contribution < -0.4 is 23.8 Å². The van der Waals surface area contributed by atoms with Gasteiger partial charge in [-0.15, -0.1) is 0 Å². The first-order valence-electron chi connectivity index (χ1n) is 11.6. The van der Waals surface area contributed by atoms with Crippen LogP contribution in [-0.4, -0.2) is 36.9 Å². The van der Waals surface area contributed by atoms with E-state index in [1.54, 1.807) is 61.7 Å². The summed E-state index contributed by atoms with van der Waals surface area (Å²) in [6, 6.07) is 21.6. The minimum Gasteiger partial charge on any atom is -0.493 e. The van der Waals surface area contributed by atoms with Gasteiger partial charge in [0.2, 0.25) is 5.12 Å². The number of anilines is 1. The molecule has 0 saturated carbocycles. The maximum atomic E-state index is 12.7. The number of aromatic nitrogens is 1. The van der Waals surface area contributed by atoms with Crippen molar-refractivity contribution >= 4 is 39.7 Å². The van der Waals surface area contributed by atoms with E-state index in [0.29, 0.717) is 40.7 Å². The second kappa shape index (κ2) is 12.1. The lowest BCUT2D eigenvalue weighted by molar-refractivity contribution is -0.110. The maximum absolute atomic E-state index is 12.7. The molecule has 2 amide bonds. The molecule has 0 radical (unpaired) electrons. The standard InChI is InChI=1S/C28H27N3O5S/c1-4-31(28(33)30-37-27(32)16-19-8-6-5-7-9-19)20-10-12-21(13-11-20)36-24-14-15-29-23-18-26(35-3)25(34-2)17-22(23)24/h5-15,17-18H,4,16H2,1-3H3,(H,30,33). The molecule has 0 aliphatic rings. The highest BCUT2D eigenvalue weighted by atomic mass is 32.2. The molecule has 0 spiro atoms. The summed E-state index contributed by atoms with van der Waals surface area (Å²) in [4.78, 5) is 30.9. The molecule has 0 aliphatic carbocycles. The van der Waals surface area contributed by atoms with Gasteiger partial charge in [-0.05, 0) is 48.9 Å². The molecule has 1 heterocycles. The van der Waals surface area contributed by atoms with Crippen LogP contribution in [0.3, 0.4) is 0 Å². The molecule has 0 atom stereocenters. The number of hydrogen-bond donors (Lipinski definition) is 1. The van der Waals surface area contributed by atoms with Gasteiger partial charge in [0, 0.05) is 48.3 Å². The Balaban J connectivity index is 1.42. The Morgan fingerprint density at radius 3 is 2.30 bits per heavy atom. The highest BCUT2D eigenvalue weighted by Crippen LogP contribution is 2.37. The average Bonchev–Trinajstić information content (AvgIpc) is 2.93. The van der Waals surface area contributed by atoms with Gasteiger partial charge in [-0.3, -0.25) is 19.4 Å². The minimum absolute atomic E-state index is 0.141. The van der Waals surface area contributed by atoms with Gasteiger partial charge in [0.1, 0.15) is 11.5 Å². The Labute approximate surface area is 219 Å². The molecule has 4 aromatic rings. The highest BCUT2D eigenvalue weighted by Gasteiger charge is 2.16. The zero-order valence-electron chi connectivity index (χ0n) is 20.8. The normalized spacial score (nSPS) is 10.6. The molecule has 190 valence electrons. The van der Waals surface area contributed by atoms with Crippen LogP contribution in [0, 0.1) is 0 Å². The van der Waals surface area contributed by atoms with Crippen molar-refractivity contribution in [2.24, 2.45) is 0 Å². The number of rotatable bonds is 8. The number of benzene rings is 3. The summed E-state index contributed by atoms with van der Waals surface area (Å²) in [5.74, 6) is 2.36. The molecular weight excluding hydrogens is 490 g/mol. The molecule has 8 nitrogen and oxygen atoms in total. The van der Waals surface area contributed by atoms with Gasteiger partial charge in [-0.1, -0.05) is 30.3 Å². The number of nitrogens with one attached hydrogen (secondary N) is 1. The van der Waals surface area contributed by atoms with Crippen LogP contribution in [0.2, 0.25) is 0 Å². The Morgan fingerprint density at radius 2 is 1.62 bits per heavy atom. The van der Waals surface area contributed by atoms with E-state index in [-0.39, 0.29) is 17.6 Å². The first kappa shape index (κ1) is 25.8. The molecule has 1 N–H and O–H groups in total. The number of carbonyl (C=O) groups excluding carboxylic acids is 2. The zero-order chi connectivity index (χ0) is 26.2. The molecule has 3 aromatic carbocycles. The number of nitrogens with zero attached hydrogens (tertiary/aromatic N) is 2. The molecule has 0 aliphatic heterocycles. The van der Waals surface area contributed by atoms with Crippen molar-refractivity contribution in [3.05, 3.63) is 84.6 Å². The predicted molar refractivity (Wildman–Crippen MR) is 146 cm³/mol. The Bertz CT molecular complexity index is 1380. The number of methoxy groups -OCH3 is 2. The summed E-state index contributed by atoms with van der Waals surface area (Å²) in [7, 11) is 3.15. The molecule has 9 heteroatoms. The SMILES string of the molecule is CCN(C(=O)NSC(=O)Cc1ccccc1)c1ccc(Oc2ccnc3cc(OC)c(OC)cc23)cc1.